The van der Waals surface area contributed by atoms with E-state index in [1.807, 2.05) is 0 Å². The maximum absolute atomic E-state index is 10.4. The largest absolute Gasteiger partial charge is 0.475 e. The molecule has 0 atom stereocenters. The molecule has 0 saturated heterocycles. The number of hydrogen-bond donors (Lipinski definition) is 2. The zero-order valence-electron chi connectivity index (χ0n) is 7.95. The van der Waals surface area contributed by atoms with Gasteiger partial charge in [0.2, 0.25) is 5.76 Å². The van der Waals surface area contributed by atoms with E-state index in [0.29, 0.717) is 19.0 Å². The lowest BCUT2D eigenvalue weighted by molar-refractivity contribution is 0.0663. The summed E-state index contributed by atoms with van der Waals surface area (Å²) in [7, 11) is 1.63. The van der Waals surface area contributed by atoms with E-state index in [-0.39, 0.29) is 5.76 Å². The first-order valence-electron chi connectivity index (χ1n) is 4.30. The van der Waals surface area contributed by atoms with Gasteiger partial charge in [0.05, 0.1) is 0 Å². The van der Waals surface area contributed by atoms with Crippen LogP contribution in [0.4, 0.5) is 5.88 Å². The maximum atomic E-state index is 10.4. The summed E-state index contributed by atoms with van der Waals surface area (Å²) in [4.78, 5) is 10.4. The molecule has 0 radical (unpaired) electrons. The smallest absolute Gasteiger partial charge is 0.371 e. The lowest BCUT2D eigenvalue weighted by Gasteiger charge is -2.01. The first-order valence-corrected chi connectivity index (χ1v) is 4.30. The second kappa shape index (κ2) is 5.29. The molecule has 1 heterocycles. The van der Waals surface area contributed by atoms with Crippen molar-refractivity contribution in [1.82, 2.24) is 0 Å². The zero-order chi connectivity index (χ0) is 10.4. The van der Waals surface area contributed by atoms with Crippen molar-refractivity contribution >= 4 is 11.9 Å². The number of carboxylic acids is 1. The number of carbonyl (C=O) groups is 1. The van der Waals surface area contributed by atoms with Crippen LogP contribution in [0.3, 0.4) is 0 Å². The van der Waals surface area contributed by atoms with Crippen molar-refractivity contribution in [3.05, 3.63) is 17.9 Å². The van der Waals surface area contributed by atoms with Gasteiger partial charge in [-0.2, -0.15) is 0 Å². The molecule has 1 aromatic heterocycles. The van der Waals surface area contributed by atoms with Crippen LogP contribution in [0.5, 0.6) is 0 Å². The average molecular weight is 199 g/mol. The molecule has 0 aromatic carbocycles. The van der Waals surface area contributed by atoms with Gasteiger partial charge in [-0.25, -0.2) is 4.79 Å². The van der Waals surface area contributed by atoms with Crippen molar-refractivity contribution in [3.8, 4) is 0 Å². The van der Waals surface area contributed by atoms with Gasteiger partial charge in [-0.05, 0) is 12.5 Å². The van der Waals surface area contributed by atoms with Crippen LogP contribution < -0.4 is 5.32 Å². The SMILES string of the molecule is COCCCNc1ccc(C(=O)O)o1. The predicted octanol–water partition coefficient (Wildman–Crippen LogP) is 1.43. The fraction of sp³-hybridized carbons (Fsp3) is 0.444. The lowest BCUT2D eigenvalue weighted by atomic mass is 10.4. The maximum Gasteiger partial charge on any atom is 0.371 e. The van der Waals surface area contributed by atoms with Crippen molar-refractivity contribution < 1.29 is 19.1 Å². The molecule has 0 unspecified atom stereocenters. The van der Waals surface area contributed by atoms with Crippen molar-refractivity contribution in [2.75, 3.05) is 25.6 Å². The van der Waals surface area contributed by atoms with Gasteiger partial charge in [0.15, 0.2) is 5.88 Å². The van der Waals surface area contributed by atoms with E-state index in [9.17, 15) is 4.79 Å². The molecule has 5 nitrogen and oxygen atoms in total. The Hall–Kier alpha value is -1.49. The van der Waals surface area contributed by atoms with Gasteiger partial charge in [0.1, 0.15) is 0 Å². The van der Waals surface area contributed by atoms with E-state index < -0.39 is 5.97 Å². The summed E-state index contributed by atoms with van der Waals surface area (Å²) in [5.74, 6) is -0.646. The van der Waals surface area contributed by atoms with Crippen LogP contribution in [0.25, 0.3) is 0 Å². The van der Waals surface area contributed by atoms with Gasteiger partial charge in [-0.15, -0.1) is 0 Å². The van der Waals surface area contributed by atoms with E-state index in [2.05, 4.69) is 5.32 Å². The quantitative estimate of drug-likeness (QED) is 0.678. The topological polar surface area (TPSA) is 71.7 Å². The van der Waals surface area contributed by atoms with Crippen molar-refractivity contribution in [3.63, 3.8) is 0 Å². The molecule has 0 fully saturated rings. The summed E-state index contributed by atoms with van der Waals surface area (Å²) in [6.07, 6.45) is 0.847. The fourth-order valence-electron chi connectivity index (χ4n) is 0.976. The molecular formula is C9H13NO4. The number of furan rings is 1. The molecule has 5 heteroatoms. The zero-order valence-corrected chi connectivity index (χ0v) is 7.95. The van der Waals surface area contributed by atoms with Crippen LogP contribution in [-0.4, -0.2) is 31.3 Å². The second-order valence-corrected chi connectivity index (χ2v) is 2.74. The summed E-state index contributed by atoms with van der Waals surface area (Å²) < 4.78 is 9.83. The number of anilines is 1. The monoisotopic (exact) mass is 199 g/mol. The van der Waals surface area contributed by atoms with Crippen LogP contribution in [-0.2, 0) is 4.74 Å². The first-order chi connectivity index (χ1) is 6.74. The Balaban J connectivity index is 2.33. The molecule has 78 valence electrons. The van der Waals surface area contributed by atoms with Crippen LogP contribution in [0.1, 0.15) is 17.0 Å². The van der Waals surface area contributed by atoms with Gasteiger partial charge >= 0.3 is 5.97 Å². The first kappa shape index (κ1) is 10.6. The van der Waals surface area contributed by atoms with Gasteiger partial charge in [0.25, 0.3) is 0 Å². The lowest BCUT2D eigenvalue weighted by Crippen LogP contribution is -2.03. The molecule has 0 aliphatic rings. The normalized spacial score (nSPS) is 10.1. The van der Waals surface area contributed by atoms with E-state index in [0.717, 1.165) is 6.42 Å². The Bertz CT molecular complexity index is 295. The average Bonchev–Trinajstić information content (AvgIpc) is 2.61. The minimum absolute atomic E-state index is 0.0563. The minimum atomic E-state index is -1.06. The van der Waals surface area contributed by atoms with Crippen molar-refractivity contribution in [2.24, 2.45) is 0 Å². The summed E-state index contributed by atoms with van der Waals surface area (Å²) in [6, 6.07) is 3.01. The van der Waals surface area contributed by atoms with Gasteiger partial charge in [-0.3, -0.25) is 0 Å². The van der Waals surface area contributed by atoms with Crippen LogP contribution in [0.2, 0.25) is 0 Å². The van der Waals surface area contributed by atoms with Gasteiger partial charge < -0.3 is 19.6 Å². The number of ether oxygens (including phenoxy) is 1. The number of aromatic carboxylic acids is 1. The summed E-state index contributed by atoms with van der Waals surface area (Å²) >= 11 is 0. The highest BCUT2D eigenvalue weighted by Crippen LogP contribution is 2.12. The van der Waals surface area contributed by atoms with Crippen LogP contribution in [0, 0.1) is 0 Å². The Morgan fingerprint density at radius 2 is 2.43 bits per heavy atom. The predicted molar refractivity (Wildman–Crippen MR) is 50.7 cm³/mol. The summed E-state index contributed by atoms with van der Waals surface area (Å²) in [5, 5.41) is 11.5. The van der Waals surface area contributed by atoms with E-state index >= 15 is 0 Å². The van der Waals surface area contributed by atoms with Crippen molar-refractivity contribution in [1.29, 1.82) is 0 Å². The molecule has 2 N–H and O–H groups in total. The number of rotatable bonds is 6. The Morgan fingerprint density at radius 1 is 1.64 bits per heavy atom. The van der Waals surface area contributed by atoms with Crippen LogP contribution >= 0.6 is 0 Å². The van der Waals surface area contributed by atoms with Gasteiger partial charge in [0, 0.05) is 26.3 Å². The minimum Gasteiger partial charge on any atom is -0.475 e. The number of methoxy groups -OCH3 is 1. The molecule has 1 aromatic rings. The standard InChI is InChI=1S/C9H13NO4/c1-13-6-2-5-10-8-4-3-7(14-8)9(11)12/h3-4,10H,2,5-6H2,1H3,(H,11,12). The Labute approximate surface area is 81.7 Å². The molecule has 0 aliphatic heterocycles. The molecule has 14 heavy (non-hydrogen) atoms. The summed E-state index contributed by atoms with van der Waals surface area (Å²) in [6.45, 7) is 1.36. The second-order valence-electron chi connectivity index (χ2n) is 2.74. The van der Waals surface area contributed by atoms with Crippen molar-refractivity contribution in [2.45, 2.75) is 6.42 Å². The van der Waals surface area contributed by atoms with E-state index in [4.69, 9.17) is 14.3 Å². The van der Waals surface area contributed by atoms with Crippen LogP contribution in [0.15, 0.2) is 16.5 Å². The highest BCUT2D eigenvalue weighted by molar-refractivity contribution is 5.84. The third-order valence-corrected chi connectivity index (χ3v) is 1.64. The fourth-order valence-corrected chi connectivity index (χ4v) is 0.976. The van der Waals surface area contributed by atoms with Gasteiger partial charge in [-0.1, -0.05) is 0 Å². The molecule has 0 spiro atoms. The Morgan fingerprint density at radius 3 is 3.00 bits per heavy atom. The third kappa shape index (κ3) is 3.10. The molecule has 0 saturated carbocycles. The molecule has 1 rings (SSSR count). The third-order valence-electron chi connectivity index (χ3n) is 1.64. The number of carboxylic acid groups (broad SMARTS) is 1. The molecular weight excluding hydrogens is 186 g/mol. The Kier molecular flexibility index (Phi) is 4.00. The van der Waals surface area contributed by atoms with E-state index in [1.54, 1.807) is 13.2 Å². The summed E-state index contributed by atoms with van der Waals surface area (Å²) in [5.41, 5.74) is 0. The van der Waals surface area contributed by atoms with E-state index in [1.165, 1.54) is 6.07 Å². The molecule has 0 bridgehead atoms. The number of nitrogens with one attached hydrogen (secondary N) is 1. The molecule has 0 amide bonds. The molecule has 0 aliphatic carbocycles. The number of hydrogen-bond acceptors (Lipinski definition) is 4. The highest BCUT2D eigenvalue weighted by atomic mass is 16.5. The highest BCUT2D eigenvalue weighted by Gasteiger charge is 2.07.